The smallest absolute Gasteiger partial charge is 0.0914 e. The third kappa shape index (κ3) is 4.44. The van der Waals surface area contributed by atoms with Crippen LogP contribution in [0.1, 0.15) is 24.2 Å². The van der Waals surface area contributed by atoms with Crippen LogP contribution in [0.4, 0.5) is 0 Å². The summed E-state index contributed by atoms with van der Waals surface area (Å²) in [6.07, 6.45) is 3.23. The van der Waals surface area contributed by atoms with Gasteiger partial charge in [-0.05, 0) is 35.3 Å². The van der Waals surface area contributed by atoms with Gasteiger partial charge < -0.3 is 10.4 Å². The number of aryl methyl sites for hydroxylation is 1. The summed E-state index contributed by atoms with van der Waals surface area (Å²) in [7, 11) is 0. The molecular weight excluding hydrogens is 318 g/mol. The van der Waals surface area contributed by atoms with Crippen molar-refractivity contribution >= 4 is 15.9 Å². The first-order valence-electron chi connectivity index (χ1n) is 6.70. The van der Waals surface area contributed by atoms with E-state index in [1.165, 1.54) is 0 Å². The van der Waals surface area contributed by atoms with Crippen LogP contribution >= 0.6 is 15.9 Å². The molecule has 2 aromatic rings. The lowest BCUT2D eigenvalue weighted by atomic mass is 10.1. The molecular formula is C15H20BrN3O. The Kier molecular flexibility index (Phi) is 5.34. The lowest BCUT2D eigenvalue weighted by Crippen LogP contribution is -2.33. The van der Waals surface area contributed by atoms with Crippen molar-refractivity contribution in [1.82, 2.24) is 15.1 Å². The van der Waals surface area contributed by atoms with Gasteiger partial charge in [0.1, 0.15) is 0 Å². The molecule has 0 radical (unpaired) electrons. The molecule has 0 fully saturated rings. The highest BCUT2D eigenvalue weighted by Gasteiger charge is 2.10. The number of rotatable bonds is 6. The zero-order chi connectivity index (χ0) is 14.5. The SMILES string of the molecule is Cc1cccc([C@H](O)CN[C@H](C)Cn2cc(Br)cn2)c1. The van der Waals surface area contributed by atoms with Crippen molar-refractivity contribution in [2.24, 2.45) is 0 Å². The average molecular weight is 338 g/mol. The highest BCUT2D eigenvalue weighted by molar-refractivity contribution is 9.10. The number of aliphatic hydroxyl groups is 1. The van der Waals surface area contributed by atoms with Crippen molar-refractivity contribution in [3.05, 3.63) is 52.3 Å². The maximum atomic E-state index is 10.2. The van der Waals surface area contributed by atoms with E-state index in [9.17, 15) is 5.11 Å². The van der Waals surface area contributed by atoms with Crippen LogP contribution in [0.5, 0.6) is 0 Å². The minimum absolute atomic E-state index is 0.237. The molecule has 1 aromatic carbocycles. The molecule has 0 bridgehead atoms. The lowest BCUT2D eigenvalue weighted by molar-refractivity contribution is 0.169. The Bertz CT molecular complexity index is 556. The van der Waals surface area contributed by atoms with Gasteiger partial charge in [-0.3, -0.25) is 4.68 Å². The van der Waals surface area contributed by atoms with Gasteiger partial charge in [-0.25, -0.2) is 0 Å². The molecule has 5 heteroatoms. The molecule has 0 unspecified atom stereocenters. The summed E-state index contributed by atoms with van der Waals surface area (Å²) in [4.78, 5) is 0. The van der Waals surface area contributed by atoms with Crippen LogP contribution in [-0.2, 0) is 6.54 Å². The Labute approximate surface area is 127 Å². The quantitative estimate of drug-likeness (QED) is 0.851. The molecule has 0 saturated heterocycles. The average Bonchev–Trinajstić information content (AvgIpc) is 2.81. The third-order valence-corrected chi connectivity index (χ3v) is 3.56. The third-order valence-electron chi connectivity index (χ3n) is 3.15. The number of halogens is 1. The summed E-state index contributed by atoms with van der Waals surface area (Å²) in [5.41, 5.74) is 2.11. The van der Waals surface area contributed by atoms with Crippen molar-refractivity contribution in [3.63, 3.8) is 0 Å². The first-order chi connectivity index (χ1) is 9.54. The molecule has 108 valence electrons. The maximum absolute atomic E-state index is 10.2. The van der Waals surface area contributed by atoms with Crippen LogP contribution in [-0.4, -0.2) is 27.5 Å². The van der Waals surface area contributed by atoms with Gasteiger partial charge in [0.2, 0.25) is 0 Å². The van der Waals surface area contributed by atoms with Gasteiger partial charge in [0.05, 0.1) is 23.3 Å². The second-order valence-electron chi connectivity index (χ2n) is 5.12. The number of aliphatic hydroxyl groups excluding tert-OH is 1. The Morgan fingerprint density at radius 3 is 2.90 bits per heavy atom. The Morgan fingerprint density at radius 1 is 1.45 bits per heavy atom. The molecule has 2 atom stereocenters. The highest BCUT2D eigenvalue weighted by Crippen LogP contribution is 2.13. The van der Waals surface area contributed by atoms with E-state index in [0.29, 0.717) is 6.54 Å². The molecule has 1 aromatic heterocycles. The fraction of sp³-hybridized carbons (Fsp3) is 0.400. The maximum Gasteiger partial charge on any atom is 0.0914 e. The number of nitrogens with zero attached hydrogens (tertiary/aromatic N) is 2. The van der Waals surface area contributed by atoms with Crippen LogP contribution in [0.2, 0.25) is 0 Å². The number of hydrogen-bond acceptors (Lipinski definition) is 3. The highest BCUT2D eigenvalue weighted by atomic mass is 79.9. The lowest BCUT2D eigenvalue weighted by Gasteiger charge is -2.17. The number of aromatic nitrogens is 2. The number of nitrogens with one attached hydrogen (secondary N) is 1. The summed E-state index contributed by atoms with van der Waals surface area (Å²) >= 11 is 3.38. The molecule has 0 amide bonds. The van der Waals surface area contributed by atoms with Gasteiger partial charge in [0.25, 0.3) is 0 Å². The second-order valence-corrected chi connectivity index (χ2v) is 6.04. The predicted octanol–water partition coefficient (Wildman–Crippen LogP) is 2.67. The number of hydrogen-bond donors (Lipinski definition) is 2. The molecule has 2 rings (SSSR count). The van der Waals surface area contributed by atoms with Crippen molar-refractivity contribution in [2.75, 3.05) is 6.54 Å². The topological polar surface area (TPSA) is 50.1 Å². The fourth-order valence-corrected chi connectivity index (χ4v) is 2.42. The van der Waals surface area contributed by atoms with Crippen LogP contribution < -0.4 is 5.32 Å². The van der Waals surface area contributed by atoms with Crippen LogP contribution in [0.3, 0.4) is 0 Å². The van der Waals surface area contributed by atoms with Gasteiger partial charge in [0.15, 0.2) is 0 Å². The van der Waals surface area contributed by atoms with Gasteiger partial charge in [0, 0.05) is 18.8 Å². The zero-order valence-electron chi connectivity index (χ0n) is 11.8. The largest absolute Gasteiger partial charge is 0.387 e. The van der Waals surface area contributed by atoms with Gasteiger partial charge in [-0.2, -0.15) is 5.10 Å². The van der Waals surface area contributed by atoms with Gasteiger partial charge in [-0.1, -0.05) is 29.8 Å². The number of benzene rings is 1. The van der Waals surface area contributed by atoms with Crippen molar-refractivity contribution in [2.45, 2.75) is 32.5 Å². The van der Waals surface area contributed by atoms with Crippen LogP contribution in [0.25, 0.3) is 0 Å². The summed E-state index contributed by atoms with van der Waals surface area (Å²) in [5.74, 6) is 0. The van der Waals surface area contributed by atoms with E-state index >= 15 is 0 Å². The van der Waals surface area contributed by atoms with Crippen LogP contribution in [0.15, 0.2) is 41.1 Å². The monoisotopic (exact) mass is 337 g/mol. The molecule has 0 aliphatic heterocycles. The van der Waals surface area contributed by atoms with E-state index in [4.69, 9.17) is 0 Å². The molecule has 20 heavy (non-hydrogen) atoms. The second kappa shape index (κ2) is 7.02. The van der Waals surface area contributed by atoms with E-state index in [1.807, 2.05) is 42.1 Å². The van der Waals surface area contributed by atoms with Crippen molar-refractivity contribution in [3.8, 4) is 0 Å². The molecule has 2 N–H and O–H groups in total. The summed E-state index contributed by atoms with van der Waals surface area (Å²) in [6.45, 7) is 5.42. The van der Waals surface area contributed by atoms with Gasteiger partial charge >= 0.3 is 0 Å². The standard InChI is InChI=1S/C15H20BrN3O/c1-11-4-3-5-13(6-11)15(20)8-17-12(2)9-19-10-14(16)7-18-19/h3-7,10,12,15,17,20H,8-9H2,1-2H3/t12-,15-/m1/s1. The molecule has 1 heterocycles. The first kappa shape index (κ1) is 15.2. The normalized spacial score (nSPS) is 14.2. The van der Waals surface area contributed by atoms with Crippen LogP contribution in [0, 0.1) is 6.92 Å². The summed E-state index contributed by atoms with van der Waals surface area (Å²) in [6, 6.07) is 8.21. The van der Waals surface area contributed by atoms with E-state index in [1.54, 1.807) is 6.20 Å². The van der Waals surface area contributed by atoms with E-state index in [0.717, 1.165) is 22.1 Å². The van der Waals surface area contributed by atoms with Crippen molar-refractivity contribution < 1.29 is 5.11 Å². The minimum atomic E-state index is -0.485. The van der Waals surface area contributed by atoms with Crippen molar-refractivity contribution in [1.29, 1.82) is 0 Å². The first-order valence-corrected chi connectivity index (χ1v) is 7.50. The fourth-order valence-electron chi connectivity index (χ4n) is 2.09. The molecule has 0 aliphatic rings. The van der Waals surface area contributed by atoms with E-state index in [2.05, 4.69) is 33.3 Å². The summed E-state index contributed by atoms with van der Waals surface area (Å²) in [5, 5.41) is 17.7. The Balaban J connectivity index is 1.82. The molecule has 0 aliphatic carbocycles. The van der Waals surface area contributed by atoms with E-state index < -0.39 is 6.10 Å². The molecule has 4 nitrogen and oxygen atoms in total. The summed E-state index contributed by atoms with van der Waals surface area (Å²) < 4.78 is 2.85. The molecule has 0 saturated carbocycles. The zero-order valence-corrected chi connectivity index (χ0v) is 13.3. The Morgan fingerprint density at radius 2 is 2.25 bits per heavy atom. The van der Waals surface area contributed by atoms with Gasteiger partial charge in [-0.15, -0.1) is 0 Å². The van der Waals surface area contributed by atoms with E-state index in [-0.39, 0.29) is 6.04 Å². The predicted molar refractivity (Wildman–Crippen MR) is 83.5 cm³/mol. The molecule has 0 spiro atoms. The Hall–Kier alpha value is -1.17. The minimum Gasteiger partial charge on any atom is -0.387 e.